The Bertz CT molecular complexity index is 2100. The van der Waals surface area contributed by atoms with Crippen LogP contribution in [0.25, 0.3) is 0 Å². The molecule has 1 aromatic heterocycles. The van der Waals surface area contributed by atoms with Gasteiger partial charge in [0.05, 0.1) is 35.2 Å². The second-order valence-corrected chi connectivity index (χ2v) is 15.3. The lowest BCUT2D eigenvalue weighted by atomic mass is 9.68. The number of anilines is 2. The van der Waals surface area contributed by atoms with Gasteiger partial charge in [-0.2, -0.15) is 13.2 Å². The highest BCUT2D eigenvalue weighted by atomic mass is 32.2. The number of carbonyl (C=O) groups excluding carboxylic acids is 3. The normalized spacial score (nSPS) is 26.4. The van der Waals surface area contributed by atoms with Crippen LogP contribution in [-0.2, 0) is 20.6 Å². The van der Waals surface area contributed by atoms with E-state index in [0.29, 0.717) is 28.6 Å². The average Bonchev–Trinajstić information content (AvgIpc) is 3.83. The van der Waals surface area contributed by atoms with Crippen molar-refractivity contribution in [2.45, 2.75) is 35.7 Å². The predicted molar refractivity (Wildman–Crippen MR) is 181 cm³/mol. The number of alkyl halides is 3. The predicted octanol–water partition coefficient (Wildman–Crippen LogP) is 6.47. The number of benzene rings is 3. The number of amides is 3. The van der Waals surface area contributed by atoms with Crippen molar-refractivity contribution in [1.82, 2.24) is 4.98 Å². The van der Waals surface area contributed by atoms with E-state index in [9.17, 15) is 32.3 Å². The molecule has 3 aromatic carbocycles. The Balaban J connectivity index is 1.10. The fourth-order valence-corrected chi connectivity index (χ4v) is 11.4. The maximum atomic E-state index is 14.0. The van der Waals surface area contributed by atoms with Crippen molar-refractivity contribution in [2.24, 2.45) is 29.6 Å². The second-order valence-electron chi connectivity index (χ2n) is 13.1. The Morgan fingerprint density at radius 3 is 2.42 bits per heavy atom. The Labute approximate surface area is 292 Å². The molecule has 50 heavy (non-hydrogen) atoms. The number of nitrogens with one attached hydrogen (secondary N) is 2. The number of methoxy groups -OCH3 is 1. The zero-order chi connectivity index (χ0) is 35.1. The Morgan fingerprint density at radius 1 is 0.980 bits per heavy atom. The molecule has 4 aromatic rings. The summed E-state index contributed by atoms with van der Waals surface area (Å²) in [5.74, 6) is -3.48. The molecule has 7 atom stereocenters. The third-order valence-electron chi connectivity index (χ3n) is 10.4. The number of halogens is 3. The molecule has 6 unspecified atom stereocenters. The molecule has 0 radical (unpaired) electrons. The number of nitrogens with zero attached hydrogens (tertiary/aromatic N) is 1. The maximum absolute atomic E-state index is 14.0. The standard InChI is InChI=1S/C36H30F3N3O6S2/c1-16-7-10-18(11-8-16)40-25(43)15-48-23-12-9-17(13-24(23)47-2)26-27-19-14-20(30(27)49-32-31(26)50-35(46)41-32)29-28(19)33(44)42(34(29)45)22-6-4-3-5-21(22)36(37,38)39/h3-13,19-20,26-30H,14-15H2,1-2H3,(H,40,43)(H,41,46)/t19?,20?,26-,27?,28?,29?,30?/m1/s1. The van der Waals surface area contributed by atoms with Crippen LogP contribution in [0.2, 0.25) is 0 Å². The van der Waals surface area contributed by atoms with E-state index in [4.69, 9.17) is 9.47 Å². The lowest BCUT2D eigenvalue weighted by molar-refractivity contribution is -0.137. The first-order valence-electron chi connectivity index (χ1n) is 16.1. The zero-order valence-electron chi connectivity index (χ0n) is 26.7. The summed E-state index contributed by atoms with van der Waals surface area (Å²) in [6, 6.07) is 17.4. The van der Waals surface area contributed by atoms with Crippen LogP contribution < -0.4 is 24.6 Å². The van der Waals surface area contributed by atoms with Crippen LogP contribution in [0.3, 0.4) is 0 Å². The summed E-state index contributed by atoms with van der Waals surface area (Å²) in [6.45, 7) is 1.68. The van der Waals surface area contributed by atoms with E-state index in [1.54, 1.807) is 24.3 Å². The molecule has 3 fully saturated rings. The van der Waals surface area contributed by atoms with Gasteiger partial charge in [-0.3, -0.25) is 19.2 Å². The van der Waals surface area contributed by atoms with Gasteiger partial charge < -0.3 is 19.8 Å². The number of carbonyl (C=O) groups is 3. The van der Waals surface area contributed by atoms with E-state index in [0.717, 1.165) is 38.3 Å². The molecule has 8 rings (SSSR count). The van der Waals surface area contributed by atoms with Gasteiger partial charge in [-0.1, -0.05) is 47.2 Å². The lowest BCUT2D eigenvalue weighted by Gasteiger charge is -2.43. The largest absolute Gasteiger partial charge is 0.493 e. The van der Waals surface area contributed by atoms with E-state index in [1.165, 1.54) is 37.1 Å². The van der Waals surface area contributed by atoms with Crippen molar-refractivity contribution in [2.75, 3.05) is 23.9 Å². The average molecular weight is 722 g/mol. The molecule has 258 valence electrons. The fourth-order valence-electron chi connectivity index (χ4n) is 8.51. The number of thioether (sulfide) groups is 1. The summed E-state index contributed by atoms with van der Waals surface area (Å²) in [6.07, 6.45) is -4.17. The molecule has 0 spiro atoms. The third-order valence-corrected chi connectivity index (χ3v) is 13.0. The van der Waals surface area contributed by atoms with Crippen molar-refractivity contribution in [3.63, 3.8) is 0 Å². The van der Waals surface area contributed by atoms with Gasteiger partial charge in [0, 0.05) is 21.7 Å². The first kappa shape index (κ1) is 32.6. The van der Waals surface area contributed by atoms with E-state index in [-0.39, 0.29) is 46.3 Å². The molecule has 2 N–H and O–H groups in total. The molecule has 1 saturated heterocycles. The highest BCUT2D eigenvalue weighted by Crippen LogP contribution is 2.69. The van der Waals surface area contributed by atoms with E-state index < -0.39 is 41.1 Å². The Hall–Kier alpha value is -4.56. The van der Waals surface area contributed by atoms with Crippen LogP contribution in [0.5, 0.6) is 11.5 Å². The molecule has 2 saturated carbocycles. The summed E-state index contributed by atoms with van der Waals surface area (Å²) < 4.78 is 53.5. The minimum absolute atomic E-state index is 0.161. The maximum Gasteiger partial charge on any atom is 0.418 e. The molecule has 14 heteroatoms. The number of hydrogen-bond donors (Lipinski definition) is 2. The van der Waals surface area contributed by atoms with Crippen molar-refractivity contribution in [3.05, 3.63) is 98.0 Å². The first-order valence-corrected chi connectivity index (χ1v) is 17.7. The molecular weight excluding hydrogens is 692 g/mol. The number of ether oxygens (including phenoxy) is 2. The number of hydrogen-bond acceptors (Lipinski definition) is 8. The molecule has 2 aliphatic carbocycles. The van der Waals surface area contributed by atoms with Crippen LogP contribution in [-0.4, -0.2) is 41.7 Å². The Morgan fingerprint density at radius 2 is 1.70 bits per heavy atom. The number of aryl methyl sites for hydroxylation is 1. The number of imide groups is 1. The van der Waals surface area contributed by atoms with Crippen molar-refractivity contribution >= 4 is 52.2 Å². The molecule has 2 aliphatic heterocycles. The topological polar surface area (TPSA) is 118 Å². The highest BCUT2D eigenvalue weighted by molar-refractivity contribution is 8.00. The molecular formula is C36H30F3N3O6S2. The SMILES string of the molecule is COc1cc([C@H]2c3sc(=O)[nH]c3SC3C4CC(C5C(=O)N(c6ccccc6C(F)(F)F)C(=O)C45)C32)ccc1OCC(=O)Nc1ccc(C)cc1. The number of aromatic amines is 1. The summed E-state index contributed by atoms with van der Waals surface area (Å²) in [4.78, 5) is 57.5. The summed E-state index contributed by atoms with van der Waals surface area (Å²) in [5, 5.41) is 3.33. The number of para-hydroxylation sites is 1. The number of thiazole rings is 1. The second kappa shape index (κ2) is 12.0. The number of rotatable bonds is 7. The smallest absolute Gasteiger partial charge is 0.418 e. The minimum Gasteiger partial charge on any atom is -0.493 e. The van der Waals surface area contributed by atoms with Gasteiger partial charge in [-0.05, 0) is 73.1 Å². The van der Waals surface area contributed by atoms with Gasteiger partial charge in [0.2, 0.25) is 11.8 Å². The first-order chi connectivity index (χ1) is 23.9. The number of fused-ring (bicyclic) bond motifs is 9. The number of H-pyrrole nitrogens is 1. The van der Waals surface area contributed by atoms with Crippen LogP contribution in [0.4, 0.5) is 24.5 Å². The van der Waals surface area contributed by atoms with Gasteiger partial charge in [0.15, 0.2) is 18.1 Å². The van der Waals surface area contributed by atoms with Crippen LogP contribution >= 0.6 is 23.1 Å². The molecule has 2 bridgehead atoms. The van der Waals surface area contributed by atoms with E-state index in [2.05, 4.69) is 10.3 Å². The van der Waals surface area contributed by atoms with Gasteiger partial charge in [0.1, 0.15) is 0 Å². The molecule has 4 aliphatic rings. The quantitative estimate of drug-likeness (QED) is 0.210. The molecule has 9 nitrogen and oxygen atoms in total. The third kappa shape index (κ3) is 5.22. The monoisotopic (exact) mass is 721 g/mol. The highest BCUT2D eigenvalue weighted by Gasteiger charge is 2.70. The fraction of sp³-hybridized carbons (Fsp3) is 0.333. The van der Waals surface area contributed by atoms with E-state index >= 15 is 0 Å². The summed E-state index contributed by atoms with van der Waals surface area (Å²) >= 11 is 2.57. The van der Waals surface area contributed by atoms with Crippen LogP contribution in [0, 0.1) is 36.5 Å². The lowest BCUT2D eigenvalue weighted by Crippen LogP contribution is -2.42. The van der Waals surface area contributed by atoms with Gasteiger partial charge in [-0.15, -0.1) is 11.8 Å². The summed E-state index contributed by atoms with van der Waals surface area (Å²) in [7, 11) is 1.48. The van der Waals surface area contributed by atoms with Crippen molar-refractivity contribution in [1.29, 1.82) is 0 Å². The van der Waals surface area contributed by atoms with Gasteiger partial charge in [0.25, 0.3) is 5.91 Å². The van der Waals surface area contributed by atoms with Crippen LogP contribution in [0.15, 0.2) is 76.6 Å². The van der Waals surface area contributed by atoms with Crippen molar-refractivity contribution < 1.29 is 37.0 Å². The number of aromatic nitrogens is 1. The van der Waals surface area contributed by atoms with Crippen molar-refractivity contribution in [3.8, 4) is 11.5 Å². The van der Waals surface area contributed by atoms with Crippen LogP contribution in [0.1, 0.15) is 33.9 Å². The zero-order valence-corrected chi connectivity index (χ0v) is 28.3. The van der Waals surface area contributed by atoms with Gasteiger partial charge >= 0.3 is 11.0 Å². The molecule has 3 heterocycles. The minimum atomic E-state index is -4.75. The van der Waals surface area contributed by atoms with Gasteiger partial charge in [-0.25, -0.2) is 4.90 Å². The van der Waals surface area contributed by atoms with E-state index in [1.807, 2.05) is 25.1 Å². The summed E-state index contributed by atoms with van der Waals surface area (Å²) in [5.41, 5.74) is 1.03. The molecule has 3 amide bonds. The Kier molecular flexibility index (Phi) is 7.86.